The van der Waals surface area contributed by atoms with Gasteiger partial charge >= 0.3 is 0 Å². The summed E-state index contributed by atoms with van der Waals surface area (Å²) in [5, 5.41) is 3.76. The number of hydrogen-bond acceptors (Lipinski definition) is 4. The van der Waals surface area contributed by atoms with Crippen LogP contribution in [-0.4, -0.2) is 15.0 Å². The normalized spacial score (nSPS) is 18.1. The minimum Gasteiger partial charge on any atom is -0.134 e. The molecule has 0 unspecified atom stereocenters. The molecule has 0 fully saturated rings. The van der Waals surface area contributed by atoms with Gasteiger partial charge < -0.3 is 0 Å². The van der Waals surface area contributed by atoms with Crippen LogP contribution in [0.25, 0.3) is 0 Å². The lowest BCUT2D eigenvalue weighted by atomic mass is 11.4. The first-order valence-corrected chi connectivity index (χ1v) is 4.32. The lowest BCUT2D eigenvalue weighted by Gasteiger charge is -1.82. The van der Waals surface area contributed by atoms with Crippen molar-refractivity contribution in [2.24, 2.45) is 5.10 Å². The van der Waals surface area contributed by atoms with Gasteiger partial charge in [-0.3, -0.25) is 0 Å². The molecule has 0 aromatic heterocycles. The third-order valence-corrected chi connectivity index (χ3v) is 2.59. The van der Waals surface area contributed by atoms with E-state index >= 15 is 0 Å². The van der Waals surface area contributed by atoms with E-state index < -0.39 is 0 Å². The summed E-state index contributed by atoms with van der Waals surface area (Å²) in [5.41, 5.74) is 3.65. The zero-order chi connectivity index (χ0) is 5.98. The van der Waals surface area contributed by atoms with E-state index in [0.717, 1.165) is 4.38 Å². The van der Waals surface area contributed by atoms with Gasteiger partial charge in [-0.05, 0) is 30.2 Å². The molecule has 0 spiro atoms. The summed E-state index contributed by atoms with van der Waals surface area (Å²) in [7, 11) is 0. The average molecular weight is 163 g/mol. The van der Waals surface area contributed by atoms with Gasteiger partial charge in [0.25, 0.3) is 0 Å². The number of nitrogens with zero attached hydrogens (tertiary/aromatic N) is 2. The summed E-state index contributed by atoms with van der Waals surface area (Å²) in [6.45, 7) is 0. The summed E-state index contributed by atoms with van der Waals surface area (Å²) in [6, 6.07) is 0. The quantitative estimate of drug-likeness (QED) is 0.503. The molecule has 0 atom stereocenters. The highest BCUT2D eigenvalue weighted by atomic mass is 32.2. The largest absolute Gasteiger partial charge is 0.189 e. The number of thioether (sulfide) groups is 2. The fraction of sp³-hybridized carbons (Fsp3) is 0.333. The van der Waals surface area contributed by atoms with Gasteiger partial charge in [-0.25, -0.2) is 0 Å². The van der Waals surface area contributed by atoms with E-state index in [-0.39, 0.29) is 0 Å². The Balaban J connectivity index is 2.49. The van der Waals surface area contributed by atoms with Crippen molar-refractivity contribution in [3.63, 3.8) is 0 Å². The fourth-order valence-corrected chi connectivity index (χ4v) is 1.72. The third-order valence-electron chi connectivity index (χ3n) is 0.563. The second kappa shape index (κ2) is 2.70. The van der Waals surface area contributed by atoms with Gasteiger partial charge in [-0.2, -0.15) is 0 Å². The van der Waals surface area contributed by atoms with E-state index in [4.69, 9.17) is 12.2 Å². The Morgan fingerprint density at radius 1 is 1.75 bits per heavy atom. The molecule has 8 heavy (non-hydrogen) atoms. The topological polar surface area (TPSA) is 26.5 Å². The Kier molecular flexibility index (Phi) is 2.16. The number of rotatable bonds is 0. The molecule has 0 N–H and O–H groups in total. The van der Waals surface area contributed by atoms with Crippen LogP contribution in [0, 0.1) is 0 Å². The number of thiocarbonyl (C=S) groups is 1. The van der Waals surface area contributed by atoms with Crippen LogP contribution in [0.3, 0.4) is 0 Å². The molecular weight excluding hydrogens is 160 g/mol. The standard InChI is InChI=1S/C3H3N2S3/c1-7-3-5-4-2(6)8-3/h1H3. The van der Waals surface area contributed by atoms with Crippen molar-refractivity contribution in [2.45, 2.75) is 0 Å². The van der Waals surface area contributed by atoms with E-state index in [1.807, 2.05) is 6.26 Å². The minimum absolute atomic E-state index is 0.620. The van der Waals surface area contributed by atoms with Gasteiger partial charge in [0.1, 0.15) is 0 Å². The van der Waals surface area contributed by atoms with E-state index in [0.29, 0.717) is 4.32 Å². The maximum Gasteiger partial charge on any atom is 0.189 e. The molecule has 0 amide bonds. The van der Waals surface area contributed by atoms with E-state index in [9.17, 15) is 0 Å². The van der Waals surface area contributed by atoms with Crippen LogP contribution < -0.4 is 5.43 Å². The molecule has 0 aliphatic carbocycles. The van der Waals surface area contributed by atoms with Crippen LogP contribution in [0.1, 0.15) is 0 Å². The van der Waals surface area contributed by atoms with Crippen molar-refractivity contribution >= 4 is 44.4 Å². The Morgan fingerprint density at radius 3 is 2.75 bits per heavy atom. The van der Waals surface area contributed by atoms with Crippen molar-refractivity contribution in [1.29, 1.82) is 0 Å². The molecule has 2 nitrogen and oxygen atoms in total. The van der Waals surface area contributed by atoms with E-state index in [2.05, 4.69) is 10.5 Å². The number of hydrogen-bond donors (Lipinski definition) is 0. The highest BCUT2D eigenvalue weighted by molar-refractivity contribution is 8.47. The SMILES string of the molecule is CSC1=N[N]C(=S)S1. The van der Waals surface area contributed by atoms with Crippen LogP contribution in [-0.2, 0) is 0 Å². The second-order valence-corrected chi connectivity index (χ2v) is 3.71. The van der Waals surface area contributed by atoms with Crippen LogP contribution in [0.2, 0.25) is 0 Å². The molecule has 1 heterocycles. The van der Waals surface area contributed by atoms with Gasteiger partial charge in [0.05, 0.1) is 0 Å². The highest BCUT2D eigenvalue weighted by Gasteiger charge is 2.11. The molecule has 0 bridgehead atoms. The molecule has 43 valence electrons. The minimum atomic E-state index is 0.620. The Morgan fingerprint density at radius 2 is 2.50 bits per heavy atom. The molecule has 1 aliphatic heterocycles. The Bertz CT molecular complexity index is 141. The monoisotopic (exact) mass is 163 g/mol. The van der Waals surface area contributed by atoms with E-state index in [1.54, 1.807) is 11.8 Å². The average Bonchev–Trinajstić information content (AvgIpc) is 2.14. The van der Waals surface area contributed by atoms with Gasteiger partial charge in [-0.1, -0.05) is 0 Å². The van der Waals surface area contributed by atoms with Crippen molar-refractivity contribution in [2.75, 3.05) is 6.26 Å². The molecule has 1 rings (SSSR count). The molecular formula is C3H3N2S3. The first kappa shape index (κ1) is 6.38. The van der Waals surface area contributed by atoms with Crippen LogP contribution in [0.5, 0.6) is 0 Å². The molecule has 5 heteroatoms. The highest BCUT2D eigenvalue weighted by Crippen LogP contribution is 2.20. The fourth-order valence-electron chi connectivity index (χ4n) is 0.280. The molecule has 0 aromatic carbocycles. The van der Waals surface area contributed by atoms with Crippen molar-refractivity contribution in [3.05, 3.63) is 0 Å². The molecule has 1 radical (unpaired) electrons. The van der Waals surface area contributed by atoms with Crippen LogP contribution in [0.15, 0.2) is 5.10 Å². The third kappa shape index (κ3) is 1.37. The Labute approximate surface area is 61.5 Å². The molecule has 0 aromatic rings. The molecule has 0 saturated heterocycles. The van der Waals surface area contributed by atoms with Crippen molar-refractivity contribution in [3.8, 4) is 0 Å². The predicted octanol–water partition coefficient (Wildman–Crippen LogP) is 1.26. The van der Waals surface area contributed by atoms with Crippen LogP contribution >= 0.6 is 35.7 Å². The zero-order valence-electron chi connectivity index (χ0n) is 4.12. The Hall–Kier alpha value is 0.260. The van der Waals surface area contributed by atoms with E-state index in [1.165, 1.54) is 11.8 Å². The smallest absolute Gasteiger partial charge is 0.134 e. The van der Waals surface area contributed by atoms with Crippen LogP contribution in [0.4, 0.5) is 0 Å². The summed E-state index contributed by atoms with van der Waals surface area (Å²) in [4.78, 5) is 0. The van der Waals surface area contributed by atoms with Gasteiger partial charge in [0.15, 0.2) is 8.70 Å². The summed E-state index contributed by atoms with van der Waals surface area (Å²) in [6.07, 6.45) is 1.95. The lowest BCUT2D eigenvalue weighted by molar-refractivity contribution is 1.06. The first-order chi connectivity index (χ1) is 3.83. The predicted molar refractivity (Wildman–Crippen MR) is 43.3 cm³/mol. The molecule has 1 aliphatic rings. The zero-order valence-corrected chi connectivity index (χ0v) is 6.57. The van der Waals surface area contributed by atoms with Gasteiger partial charge in [0, 0.05) is 0 Å². The van der Waals surface area contributed by atoms with Crippen molar-refractivity contribution in [1.82, 2.24) is 5.43 Å². The van der Waals surface area contributed by atoms with Gasteiger partial charge in [-0.15, -0.1) is 22.3 Å². The second-order valence-electron chi connectivity index (χ2n) is 1.04. The summed E-state index contributed by atoms with van der Waals surface area (Å²) in [5.74, 6) is 0. The van der Waals surface area contributed by atoms with Gasteiger partial charge in [0.2, 0.25) is 0 Å². The van der Waals surface area contributed by atoms with Crippen molar-refractivity contribution < 1.29 is 0 Å². The lowest BCUT2D eigenvalue weighted by Crippen LogP contribution is -1.91. The molecule has 0 saturated carbocycles. The maximum atomic E-state index is 4.73. The summed E-state index contributed by atoms with van der Waals surface area (Å²) < 4.78 is 1.56. The first-order valence-electron chi connectivity index (χ1n) is 1.87. The maximum absolute atomic E-state index is 4.73. The summed E-state index contributed by atoms with van der Waals surface area (Å²) >= 11 is 7.74.